The van der Waals surface area contributed by atoms with Gasteiger partial charge in [0.05, 0.1) is 12.9 Å². The van der Waals surface area contributed by atoms with Crippen LogP contribution >= 0.6 is 0 Å². The third-order valence-corrected chi connectivity index (χ3v) is 9.68. The summed E-state index contributed by atoms with van der Waals surface area (Å²) in [6.07, 6.45) is 1.59. The van der Waals surface area contributed by atoms with Crippen molar-refractivity contribution in [3.05, 3.63) is 12.8 Å². The molecule has 0 saturated carbocycles. The van der Waals surface area contributed by atoms with Gasteiger partial charge in [-0.3, -0.25) is 0 Å². The van der Waals surface area contributed by atoms with Crippen LogP contribution in [0.3, 0.4) is 0 Å². The molecule has 17 heavy (non-hydrogen) atoms. The van der Waals surface area contributed by atoms with Crippen LogP contribution in [0.15, 0.2) is 12.8 Å². The largest absolute Gasteiger partial charge is 0.497 e. The molecule has 0 aliphatic rings. The Bertz CT molecular complexity index is 202. The Morgan fingerprint density at radius 3 is 1.65 bits per heavy atom. The highest BCUT2D eigenvalue weighted by molar-refractivity contribution is 6.77. The molecular weight excluding hydrogens is 228 g/mol. The summed E-state index contributed by atoms with van der Waals surface area (Å²) >= 11 is 0. The zero-order valence-corrected chi connectivity index (χ0v) is 13.6. The molecule has 0 bridgehead atoms. The van der Waals surface area contributed by atoms with Crippen LogP contribution in [0.25, 0.3) is 0 Å². The van der Waals surface area contributed by atoms with Crippen molar-refractivity contribution < 1.29 is 9.16 Å². The SMILES string of the molecule is C=CO[C@@H](C)CO[Si](C(C)C)(C(C)C)C(C)C. The summed E-state index contributed by atoms with van der Waals surface area (Å²) < 4.78 is 11.7. The van der Waals surface area contributed by atoms with E-state index >= 15 is 0 Å². The Kier molecular flexibility index (Phi) is 7.10. The molecule has 0 rings (SSSR count). The average Bonchev–Trinajstić information content (AvgIpc) is 2.17. The summed E-state index contributed by atoms with van der Waals surface area (Å²) in [4.78, 5) is 0. The van der Waals surface area contributed by atoms with Gasteiger partial charge in [-0.1, -0.05) is 48.1 Å². The smallest absolute Gasteiger partial charge is 0.200 e. The topological polar surface area (TPSA) is 18.5 Å². The van der Waals surface area contributed by atoms with Crippen LogP contribution in [0.1, 0.15) is 48.5 Å². The molecule has 0 aliphatic heterocycles. The highest BCUT2D eigenvalue weighted by Crippen LogP contribution is 2.42. The third kappa shape index (κ3) is 4.14. The molecular formula is C14H30O2Si. The molecule has 0 N–H and O–H groups in total. The van der Waals surface area contributed by atoms with Crippen LogP contribution in [0, 0.1) is 0 Å². The summed E-state index contributed by atoms with van der Waals surface area (Å²) in [7, 11) is -1.73. The molecule has 102 valence electrons. The van der Waals surface area contributed by atoms with Gasteiger partial charge in [-0.05, 0) is 23.5 Å². The van der Waals surface area contributed by atoms with E-state index in [1.807, 2.05) is 6.92 Å². The van der Waals surface area contributed by atoms with Crippen molar-refractivity contribution in [1.82, 2.24) is 0 Å². The van der Waals surface area contributed by atoms with Crippen LogP contribution in [0.4, 0.5) is 0 Å². The average molecular weight is 258 g/mol. The monoisotopic (exact) mass is 258 g/mol. The minimum Gasteiger partial charge on any atom is -0.497 e. The molecule has 2 nitrogen and oxygen atoms in total. The Balaban J connectivity index is 4.75. The van der Waals surface area contributed by atoms with Gasteiger partial charge in [-0.25, -0.2) is 0 Å². The molecule has 0 heterocycles. The number of rotatable bonds is 8. The van der Waals surface area contributed by atoms with Crippen molar-refractivity contribution in [3.63, 3.8) is 0 Å². The second-order valence-corrected chi connectivity index (χ2v) is 11.2. The Hall–Kier alpha value is -0.283. The van der Waals surface area contributed by atoms with Crippen molar-refractivity contribution in [1.29, 1.82) is 0 Å². The molecule has 0 spiro atoms. The fraction of sp³-hybridized carbons (Fsp3) is 0.857. The Morgan fingerprint density at radius 2 is 1.35 bits per heavy atom. The summed E-state index contributed by atoms with van der Waals surface area (Å²) in [5.74, 6) is 0. The molecule has 1 atom stereocenters. The van der Waals surface area contributed by atoms with Gasteiger partial charge in [0.25, 0.3) is 0 Å². The van der Waals surface area contributed by atoms with E-state index in [2.05, 4.69) is 48.1 Å². The molecule has 0 unspecified atom stereocenters. The predicted molar refractivity (Wildman–Crippen MR) is 77.7 cm³/mol. The lowest BCUT2D eigenvalue weighted by Gasteiger charge is -2.42. The number of hydrogen-bond acceptors (Lipinski definition) is 2. The zero-order chi connectivity index (χ0) is 13.6. The van der Waals surface area contributed by atoms with Crippen LogP contribution in [0.5, 0.6) is 0 Å². The molecule has 3 heteroatoms. The first-order valence-electron chi connectivity index (χ1n) is 6.69. The molecule has 0 amide bonds. The fourth-order valence-corrected chi connectivity index (χ4v) is 8.49. The second kappa shape index (κ2) is 7.22. The molecule has 0 radical (unpaired) electrons. The van der Waals surface area contributed by atoms with Crippen LogP contribution in [-0.4, -0.2) is 21.0 Å². The van der Waals surface area contributed by atoms with E-state index in [9.17, 15) is 0 Å². The molecule has 0 aromatic heterocycles. The van der Waals surface area contributed by atoms with Gasteiger partial charge < -0.3 is 9.16 Å². The fourth-order valence-electron chi connectivity index (χ4n) is 2.97. The lowest BCUT2D eigenvalue weighted by molar-refractivity contribution is 0.0942. The van der Waals surface area contributed by atoms with Crippen molar-refractivity contribution in [3.8, 4) is 0 Å². The summed E-state index contributed by atoms with van der Waals surface area (Å²) in [6.45, 7) is 20.1. The van der Waals surface area contributed by atoms with Gasteiger partial charge in [0, 0.05) is 0 Å². The van der Waals surface area contributed by atoms with Gasteiger partial charge in [0.15, 0.2) is 0 Å². The minimum atomic E-state index is -1.73. The van der Waals surface area contributed by atoms with E-state index in [0.29, 0.717) is 23.2 Å². The first kappa shape index (κ1) is 16.7. The van der Waals surface area contributed by atoms with Gasteiger partial charge >= 0.3 is 0 Å². The van der Waals surface area contributed by atoms with Gasteiger partial charge in [0.1, 0.15) is 6.10 Å². The maximum absolute atomic E-state index is 6.39. The number of hydrogen-bond donors (Lipinski definition) is 0. The standard InChI is InChI=1S/C14H30O2Si/c1-9-15-14(8)10-16-17(11(2)3,12(4)5)13(6)7/h9,11-14H,1,10H2,2-8H3/t14-/m0/s1. The maximum Gasteiger partial charge on any atom is 0.200 e. The summed E-state index contributed by atoms with van der Waals surface area (Å²) in [5, 5.41) is 0. The lowest BCUT2D eigenvalue weighted by atomic mass is 10.4. The van der Waals surface area contributed by atoms with Gasteiger partial charge in [-0.2, -0.15) is 0 Å². The van der Waals surface area contributed by atoms with Crippen LogP contribution in [0.2, 0.25) is 16.6 Å². The first-order chi connectivity index (χ1) is 7.78. The van der Waals surface area contributed by atoms with E-state index in [1.54, 1.807) is 0 Å². The van der Waals surface area contributed by atoms with Crippen LogP contribution in [-0.2, 0) is 9.16 Å². The third-order valence-electron chi connectivity index (χ3n) is 3.60. The second-order valence-electron chi connectivity index (χ2n) is 5.74. The molecule has 0 fully saturated rings. The van der Waals surface area contributed by atoms with E-state index in [-0.39, 0.29) is 6.10 Å². The van der Waals surface area contributed by atoms with E-state index in [4.69, 9.17) is 9.16 Å². The summed E-state index contributed by atoms with van der Waals surface area (Å²) in [5.41, 5.74) is 1.87. The normalized spacial score (nSPS) is 14.5. The minimum absolute atomic E-state index is 0.0932. The molecule has 0 saturated heterocycles. The Labute approximate surface area is 109 Å². The van der Waals surface area contributed by atoms with Gasteiger partial charge in [0.2, 0.25) is 8.32 Å². The first-order valence-corrected chi connectivity index (χ1v) is 8.83. The number of ether oxygens (including phenoxy) is 1. The van der Waals surface area contributed by atoms with Crippen molar-refractivity contribution in [2.24, 2.45) is 0 Å². The summed E-state index contributed by atoms with van der Waals surface area (Å²) in [6, 6.07) is 0. The molecule has 0 aliphatic carbocycles. The van der Waals surface area contributed by atoms with Crippen molar-refractivity contribution >= 4 is 8.32 Å². The van der Waals surface area contributed by atoms with E-state index < -0.39 is 8.32 Å². The predicted octanol–water partition coefficient (Wildman–Crippen LogP) is 4.73. The van der Waals surface area contributed by atoms with E-state index in [0.717, 1.165) is 0 Å². The van der Waals surface area contributed by atoms with E-state index in [1.165, 1.54) is 6.26 Å². The van der Waals surface area contributed by atoms with Crippen molar-refractivity contribution in [2.45, 2.75) is 71.2 Å². The lowest BCUT2D eigenvalue weighted by Crippen LogP contribution is -2.49. The highest BCUT2D eigenvalue weighted by atomic mass is 28.4. The van der Waals surface area contributed by atoms with Crippen molar-refractivity contribution in [2.75, 3.05) is 6.61 Å². The molecule has 0 aromatic rings. The van der Waals surface area contributed by atoms with Gasteiger partial charge in [-0.15, -0.1) is 0 Å². The zero-order valence-electron chi connectivity index (χ0n) is 12.6. The maximum atomic E-state index is 6.39. The quantitative estimate of drug-likeness (QED) is 0.463. The highest BCUT2D eigenvalue weighted by Gasteiger charge is 2.45. The molecule has 0 aromatic carbocycles. The van der Waals surface area contributed by atoms with Crippen LogP contribution < -0.4 is 0 Å². The Morgan fingerprint density at radius 1 is 0.941 bits per heavy atom.